The van der Waals surface area contributed by atoms with Gasteiger partial charge in [-0.2, -0.15) is 0 Å². The second-order valence-corrected chi connectivity index (χ2v) is 2.85. The fraction of sp³-hybridized carbons (Fsp3) is 0.143. The highest BCUT2D eigenvalue weighted by Gasteiger charge is 2.19. The maximum atomic E-state index is 12.3. The lowest BCUT2D eigenvalue weighted by Gasteiger charge is -2.04. The van der Waals surface area contributed by atoms with Gasteiger partial charge in [0.1, 0.15) is 10.7 Å². The molecule has 0 spiro atoms. The van der Waals surface area contributed by atoms with E-state index in [1.807, 2.05) is 4.98 Å². The summed E-state index contributed by atoms with van der Waals surface area (Å²) in [6.07, 6.45) is -2.92. The van der Waals surface area contributed by atoms with Gasteiger partial charge in [0.15, 0.2) is 0 Å². The molecule has 0 aromatic carbocycles. The topological polar surface area (TPSA) is 76.0 Å². The summed E-state index contributed by atoms with van der Waals surface area (Å²) in [5.41, 5.74) is 2.66. The molecule has 0 unspecified atom stereocenters. The zero-order valence-electron chi connectivity index (χ0n) is 6.68. The van der Waals surface area contributed by atoms with Gasteiger partial charge in [-0.25, -0.2) is 8.78 Å². The fourth-order valence-corrected chi connectivity index (χ4v) is 1.06. The molecule has 0 saturated heterocycles. The van der Waals surface area contributed by atoms with E-state index < -0.39 is 34.2 Å². The third-order valence-electron chi connectivity index (χ3n) is 1.51. The smallest absolute Gasteiger partial charge is 0.267 e. The second-order valence-electron chi connectivity index (χ2n) is 2.44. The Morgan fingerprint density at radius 1 is 1.57 bits per heavy atom. The molecule has 7 heteroatoms. The third-order valence-corrected chi connectivity index (χ3v) is 1.79. The highest BCUT2D eigenvalue weighted by molar-refractivity contribution is 6.30. The summed E-state index contributed by atoms with van der Waals surface area (Å²) in [4.78, 5) is 23.4. The number of rotatable bonds is 2. The molecule has 1 amide bonds. The quantitative estimate of drug-likeness (QED) is 0.785. The van der Waals surface area contributed by atoms with E-state index in [9.17, 15) is 18.4 Å². The van der Waals surface area contributed by atoms with Crippen LogP contribution in [0.3, 0.4) is 0 Å². The first-order chi connectivity index (χ1) is 6.43. The van der Waals surface area contributed by atoms with E-state index in [1.165, 1.54) is 0 Å². The van der Waals surface area contributed by atoms with Crippen molar-refractivity contribution in [3.63, 3.8) is 0 Å². The van der Waals surface area contributed by atoms with E-state index in [0.717, 1.165) is 6.07 Å². The lowest BCUT2D eigenvalue weighted by molar-refractivity contribution is 0.0980. The Bertz CT molecular complexity index is 430. The minimum Gasteiger partial charge on any atom is -0.364 e. The Balaban J connectivity index is 3.47. The van der Waals surface area contributed by atoms with Crippen LogP contribution >= 0.6 is 11.6 Å². The molecule has 0 fully saturated rings. The van der Waals surface area contributed by atoms with E-state index in [-0.39, 0.29) is 0 Å². The number of alkyl halides is 2. The van der Waals surface area contributed by atoms with Crippen LogP contribution in [0.1, 0.15) is 22.5 Å². The van der Waals surface area contributed by atoms with Crippen molar-refractivity contribution in [3.05, 3.63) is 32.7 Å². The number of amides is 1. The number of aromatic nitrogens is 1. The van der Waals surface area contributed by atoms with Crippen LogP contribution in [-0.4, -0.2) is 10.9 Å². The fourth-order valence-electron chi connectivity index (χ4n) is 0.896. The molecule has 1 rings (SSSR count). The maximum Gasteiger partial charge on any atom is 0.267 e. The van der Waals surface area contributed by atoms with Crippen molar-refractivity contribution in [3.8, 4) is 0 Å². The molecule has 0 aliphatic rings. The minimum absolute atomic E-state index is 0.412. The van der Waals surface area contributed by atoms with Crippen LogP contribution in [0.2, 0.25) is 5.02 Å². The van der Waals surface area contributed by atoms with Gasteiger partial charge < -0.3 is 10.7 Å². The second kappa shape index (κ2) is 3.75. The molecular weight excluding hydrogens is 218 g/mol. The van der Waals surface area contributed by atoms with Crippen molar-refractivity contribution < 1.29 is 13.6 Å². The Morgan fingerprint density at radius 3 is 2.57 bits per heavy atom. The van der Waals surface area contributed by atoms with Crippen LogP contribution in [0.25, 0.3) is 0 Å². The minimum atomic E-state index is -2.92. The van der Waals surface area contributed by atoms with Gasteiger partial charge in [-0.15, -0.1) is 0 Å². The molecule has 0 saturated carbocycles. The normalized spacial score (nSPS) is 10.6. The molecular formula is C7H5ClF2N2O2. The first-order valence-corrected chi connectivity index (χ1v) is 3.82. The first kappa shape index (κ1) is 10.6. The van der Waals surface area contributed by atoms with E-state index in [0.29, 0.717) is 0 Å². The monoisotopic (exact) mass is 222 g/mol. The zero-order chi connectivity index (χ0) is 10.9. The maximum absolute atomic E-state index is 12.3. The number of carbonyl (C=O) groups is 1. The number of nitrogens with two attached hydrogens (primary N) is 1. The highest BCUT2D eigenvalue weighted by atomic mass is 35.5. The van der Waals surface area contributed by atoms with Gasteiger partial charge in [0.2, 0.25) is 0 Å². The zero-order valence-corrected chi connectivity index (χ0v) is 7.44. The van der Waals surface area contributed by atoms with Crippen LogP contribution in [0.4, 0.5) is 8.78 Å². The number of pyridine rings is 1. The van der Waals surface area contributed by atoms with Gasteiger partial charge >= 0.3 is 0 Å². The molecule has 1 heterocycles. The Hall–Kier alpha value is -1.43. The lowest BCUT2D eigenvalue weighted by Crippen LogP contribution is -2.21. The lowest BCUT2D eigenvalue weighted by atomic mass is 10.2. The average Bonchev–Trinajstić information content (AvgIpc) is 2.08. The summed E-state index contributed by atoms with van der Waals surface area (Å²) in [6, 6.07) is 0.727. The number of nitrogens with one attached hydrogen (secondary N) is 1. The van der Waals surface area contributed by atoms with Crippen LogP contribution in [0.15, 0.2) is 10.9 Å². The van der Waals surface area contributed by atoms with E-state index in [4.69, 9.17) is 17.3 Å². The van der Waals surface area contributed by atoms with Gasteiger partial charge in [-0.05, 0) is 6.07 Å². The molecule has 4 nitrogen and oxygen atoms in total. The highest BCUT2D eigenvalue weighted by Crippen LogP contribution is 2.22. The van der Waals surface area contributed by atoms with Gasteiger partial charge in [0, 0.05) is 5.56 Å². The number of H-pyrrole nitrogens is 1. The van der Waals surface area contributed by atoms with Gasteiger partial charge in [-0.1, -0.05) is 11.6 Å². The standard InChI is InChI=1S/C7H5ClF2N2O2/c8-3-1-2(5(9)10)4(6(11)13)12-7(3)14/h1,5H,(H2,11,13)(H,12,14). The number of primary amides is 1. The molecule has 1 aromatic heterocycles. The predicted octanol–water partition coefficient (Wildman–Crippen LogP) is 1.06. The molecule has 0 aliphatic heterocycles. The average molecular weight is 223 g/mol. The number of carbonyl (C=O) groups excluding carboxylic acids is 1. The number of halogens is 3. The van der Waals surface area contributed by atoms with Gasteiger partial charge in [0.25, 0.3) is 17.9 Å². The SMILES string of the molecule is NC(=O)c1[nH]c(=O)c(Cl)cc1C(F)F. The Morgan fingerprint density at radius 2 is 2.14 bits per heavy atom. The number of hydrogen-bond donors (Lipinski definition) is 2. The summed E-state index contributed by atoms with van der Waals surface area (Å²) >= 11 is 5.31. The van der Waals surface area contributed by atoms with Crippen molar-refractivity contribution in [2.75, 3.05) is 0 Å². The van der Waals surface area contributed by atoms with Crippen molar-refractivity contribution in [1.82, 2.24) is 4.98 Å². The largest absolute Gasteiger partial charge is 0.364 e. The molecule has 0 bridgehead atoms. The summed E-state index contributed by atoms with van der Waals surface area (Å²) in [5, 5.41) is -0.412. The Kier molecular flexibility index (Phi) is 2.85. The van der Waals surface area contributed by atoms with Gasteiger partial charge in [0.05, 0.1) is 0 Å². The van der Waals surface area contributed by atoms with Crippen molar-refractivity contribution >= 4 is 17.5 Å². The van der Waals surface area contributed by atoms with E-state index in [2.05, 4.69) is 0 Å². The molecule has 3 N–H and O–H groups in total. The molecule has 0 aliphatic carbocycles. The van der Waals surface area contributed by atoms with Crippen LogP contribution in [0, 0.1) is 0 Å². The summed E-state index contributed by atoms with van der Waals surface area (Å²) in [5.74, 6) is -1.13. The van der Waals surface area contributed by atoms with Crippen LogP contribution < -0.4 is 11.3 Å². The predicted molar refractivity (Wildman–Crippen MR) is 45.5 cm³/mol. The van der Waals surface area contributed by atoms with Crippen molar-refractivity contribution in [1.29, 1.82) is 0 Å². The summed E-state index contributed by atoms with van der Waals surface area (Å²) in [6.45, 7) is 0. The molecule has 0 radical (unpaired) electrons. The first-order valence-electron chi connectivity index (χ1n) is 3.44. The summed E-state index contributed by atoms with van der Waals surface area (Å²) < 4.78 is 24.6. The molecule has 1 aromatic rings. The van der Waals surface area contributed by atoms with Crippen molar-refractivity contribution in [2.45, 2.75) is 6.43 Å². The summed E-state index contributed by atoms with van der Waals surface area (Å²) in [7, 11) is 0. The number of hydrogen-bond acceptors (Lipinski definition) is 2. The Labute approximate surface area is 81.7 Å². The van der Waals surface area contributed by atoms with E-state index >= 15 is 0 Å². The molecule has 0 atom stereocenters. The van der Waals surface area contributed by atoms with Crippen LogP contribution in [0.5, 0.6) is 0 Å². The molecule has 14 heavy (non-hydrogen) atoms. The molecule has 76 valence electrons. The third kappa shape index (κ3) is 1.90. The van der Waals surface area contributed by atoms with E-state index in [1.54, 1.807) is 0 Å². The van der Waals surface area contributed by atoms with Crippen molar-refractivity contribution in [2.24, 2.45) is 5.73 Å². The number of aromatic amines is 1. The van der Waals surface area contributed by atoms with Crippen LogP contribution in [-0.2, 0) is 0 Å². The van der Waals surface area contributed by atoms with Gasteiger partial charge in [-0.3, -0.25) is 9.59 Å².